The Morgan fingerprint density at radius 2 is 2.07 bits per heavy atom. The van der Waals surface area contributed by atoms with Gasteiger partial charge in [-0.3, -0.25) is 4.79 Å². The number of nitrogens with one attached hydrogen (secondary N) is 2. The van der Waals surface area contributed by atoms with Gasteiger partial charge in [-0.2, -0.15) is 4.68 Å². The molecule has 0 saturated heterocycles. The number of nitrogens with zero attached hydrogens (tertiary/aromatic N) is 4. The minimum atomic E-state index is -0.548. The van der Waals surface area contributed by atoms with Crippen molar-refractivity contribution in [3.05, 3.63) is 69.3 Å². The van der Waals surface area contributed by atoms with Crippen LogP contribution in [0.3, 0.4) is 0 Å². The summed E-state index contributed by atoms with van der Waals surface area (Å²) in [6, 6.07) is 12.1. The molecule has 4 rings (SSSR count). The van der Waals surface area contributed by atoms with Crippen molar-refractivity contribution in [1.82, 2.24) is 20.2 Å². The van der Waals surface area contributed by atoms with Crippen LogP contribution in [0.25, 0.3) is 0 Å². The van der Waals surface area contributed by atoms with E-state index in [0.717, 1.165) is 11.1 Å². The highest BCUT2D eigenvalue weighted by atomic mass is 79.9. The van der Waals surface area contributed by atoms with E-state index in [2.05, 4.69) is 42.1 Å². The second kappa shape index (κ2) is 7.08. The summed E-state index contributed by atoms with van der Waals surface area (Å²) in [6.45, 7) is 3.78. The zero-order valence-electron chi connectivity index (χ0n) is 15.1. The normalized spacial score (nSPS) is 15.8. The number of anilines is 2. The number of tetrazole rings is 1. The predicted octanol–water partition coefficient (Wildman–Crippen LogP) is 3.38. The van der Waals surface area contributed by atoms with Gasteiger partial charge < -0.3 is 15.7 Å². The molecule has 1 aliphatic heterocycles. The lowest BCUT2D eigenvalue weighted by atomic mass is 9.95. The fraction of sp³-hybridized carbons (Fsp3) is 0.158. The lowest BCUT2D eigenvalue weighted by Crippen LogP contribution is -2.31. The largest absolute Gasteiger partial charge is 0.507 e. The maximum absolute atomic E-state index is 13.2. The summed E-state index contributed by atoms with van der Waals surface area (Å²) < 4.78 is 2.08. The summed E-state index contributed by atoms with van der Waals surface area (Å²) in [6.07, 6.45) is 0. The van der Waals surface area contributed by atoms with Crippen LogP contribution in [0.15, 0.2) is 58.2 Å². The van der Waals surface area contributed by atoms with E-state index in [1.807, 2.05) is 38.1 Å². The zero-order chi connectivity index (χ0) is 19.8. The Morgan fingerprint density at radius 1 is 1.25 bits per heavy atom. The van der Waals surface area contributed by atoms with Gasteiger partial charge in [-0.1, -0.05) is 23.3 Å². The van der Waals surface area contributed by atoms with Crippen molar-refractivity contribution in [3.8, 4) is 5.75 Å². The standard InChI is InChI=1S/C19H17BrN6O2/c1-10-4-3-5-13(8-10)22-18(28)16-11(2)21-19-23-24-25-26(19)17(16)12-6-7-15(27)14(20)9-12/h3-9,17,27H,1-2H3,(H,22,28)(H,21,23,25). The summed E-state index contributed by atoms with van der Waals surface area (Å²) in [7, 11) is 0. The van der Waals surface area contributed by atoms with Gasteiger partial charge in [0.1, 0.15) is 11.8 Å². The third-order valence-electron chi connectivity index (χ3n) is 4.52. The molecular weight excluding hydrogens is 424 g/mol. The van der Waals surface area contributed by atoms with Gasteiger partial charge in [-0.05, 0) is 75.6 Å². The van der Waals surface area contributed by atoms with E-state index in [-0.39, 0.29) is 11.7 Å². The molecule has 0 saturated carbocycles. The number of hydrogen-bond acceptors (Lipinski definition) is 6. The van der Waals surface area contributed by atoms with Crippen molar-refractivity contribution < 1.29 is 9.90 Å². The van der Waals surface area contributed by atoms with E-state index in [4.69, 9.17) is 0 Å². The molecular formula is C19H17BrN6O2. The molecule has 3 N–H and O–H groups in total. The summed E-state index contributed by atoms with van der Waals surface area (Å²) in [5.41, 5.74) is 3.65. The Labute approximate surface area is 169 Å². The number of carbonyl (C=O) groups is 1. The Kier molecular flexibility index (Phi) is 4.60. The fourth-order valence-corrected chi connectivity index (χ4v) is 3.63. The highest BCUT2D eigenvalue weighted by molar-refractivity contribution is 9.10. The number of phenolic OH excluding ortho intramolecular Hbond substituents is 1. The minimum Gasteiger partial charge on any atom is -0.507 e. The van der Waals surface area contributed by atoms with Crippen LogP contribution in [0.4, 0.5) is 11.6 Å². The molecule has 0 fully saturated rings. The van der Waals surface area contributed by atoms with Gasteiger partial charge in [0.25, 0.3) is 5.91 Å². The molecule has 0 spiro atoms. The number of benzene rings is 2. The zero-order valence-corrected chi connectivity index (χ0v) is 16.7. The number of aryl methyl sites for hydroxylation is 1. The molecule has 142 valence electrons. The Balaban J connectivity index is 1.78. The number of allylic oxidation sites excluding steroid dienone is 1. The second-order valence-corrected chi connectivity index (χ2v) is 7.40. The fourth-order valence-electron chi connectivity index (χ4n) is 3.23. The van der Waals surface area contributed by atoms with Gasteiger partial charge in [0.15, 0.2) is 0 Å². The van der Waals surface area contributed by atoms with Crippen molar-refractivity contribution in [2.75, 3.05) is 10.6 Å². The number of aromatic hydroxyl groups is 1. The molecule has 2 heterocycles. The Bertz CT molecular complexity index is 1110. The smallest absolute Gasteiger partial charge is 0.255 e. The third-order valence-corrected chi connectivity index (χ3v) is 5.16. The Morgan fingerprint density at radius 3 is 2.82 bits per heavy atom. The van der Waals surface area contributed by atoms with Crippen molar-refractivity contribution >= 4 is 33.5 Å². The monoisotopic (exact) mass is 440 g/mol. The molecule has 8 nitrogen and oxygen atoms in total. The Hall–Kier alpha value is -3.20. The molecule has 1 aliphatic rings. The summed E-state index contributed by atoms with van der Waals surface area (Å²) in [5.74, 6) is 0.297. The number of aromatic nitrogens is 4. The van der Waals surface area contributed by atoms with Crippen molar-refractivity contribution in [2.24, 2.45) is 0 Å². The highest BCUT2D eigenvalue weighted by Gasteiger charge is 2.34. The molecule has 0 radical (unpaired) electrons. The summed E-state index contributed by atoms with van der Waals surface area (Å²) in [5, 5.41) is 27.6. The summed E-state index contributed by atoms with van der Waals surface area (Å²) in [4.78, 5) is 13.2. The van der Waals surface area contributed by atoms with Crippen LogP contribution >= 0.6 is 15.9 Å². The molecule has 1 aromatic heterocycles. The molecule has 0 bridgehead atoms. The first-order valence-corrected chi connectivity index (χ1v) is 9.35. The van der Waals surface area contributed by atoms with Crippen molar-refractivity contribution in [1.29, 1.82) is 0 Å². The van der Waals surface area contributed by atoms with E-state index >= 15 is 0 Å². The van der Waals surface area contributed by atoms with Crippen LogP contribution in [0.2, 0.25) is 0 Å². The molecule has 0 aliphatic carbocycles. The maximum Gasteiger partial charge on any atom is 0.255 e. The van der Waals surface area contributed by atoms with Gasteiger partial charge in [0, 0.05) is 11.4 Å². The van der Waals surface area contributed by atoms with Crippen LogP contribution in [0.1, 0.15) is 24.1 Å². The van der Waals surface area contributed by atoms with Crippen LogP contribution < -0.4 is 10.6 Å². The molecule has 1 amide bonds. The number of hydrogen-bond donors (Lipinski definition) is 3. The van der Waals surface area contributed by atoms with Crippen LogP contribution in [0.5, 0.6) is 5.75 Å². The number of amides is 1. The summed E-state index contributed by atoms with van der Waals surface area (Å²) >= 11 is 3.33. The molecule has 28 heavy (non-hydrogen) atoms. The van der Waals surface area contributed by atoms with E-state index in [1.165, 1.54) is 0 Å². The first kappa shape index (κ1) is 18.2. The van der Waals surface area contributed by atoms with Gasteiger partial charge >= 0.3 is 0 Å². The molecule has 2 aromatic carbocycles. The minimum absolute atomic E-state index is 0.112. The van der Waals surface area contributed by atoms with Crippen LogP contribution in [-0.2, 0) is 4.79 Å². The number of halogens is 1. The topological polar surface area (TPSA) is 105 Å². The van der Waals surface area contributed by atoms with Gasteiger partial charge in [-0.15, -0.1) is 0 Å². The van der Waals surface area contributed by atoms with Gasteiger partial charge in [0.05, 0.1) is 10.0 Å². The number of phenols is 1. The van der Waals surface area contributed by atoms with Gasteiger partial charge in [0.2, 0.25) is 5.95 Å². The van der Waals surface area contributed by atoms with Crippen molar-refractivity contribution in [3.63, 3.8) is 0 Å². The van der Waals surface area contributed by atoms with Crippen molar-refractivity contribution in [2.45, 2.75) is 19.9 Å². The molecule has 3 aromatic rings. The number of rotatable bonds is 3. The lowest BCUT2D eigenvalue weighted by molar-refractivity contribution is -0.113. The lowest BCUT2D eigenvalue weighted by Gasteiger charge is -2.28. The molecule has 1 atom stereocenters. The van der Waals surface area contributed by atoms with E-state index in [0.29, 0.717) is 27.4 Å². The highest BCUT2D eigenvalue weighted by Crippen LogP contribution is 2.37. The average Bonchev–Trinajstić information content (AvgIpc) is 3.10. The van der Waals surface area contributed by atoms with Crippen LogP contribution in [-0.4, -0.2) is 31.2 Å². The predicted molar refractivity (Wildman–Crippen MR) is 108 cm³/mol. The molecule has 9 heteroatoms. The number of carbonyl (C=O) groups excluding carboxylic acids is 1. The van der Waals surface area contributed by atoms with E-state index in [9.17, 15) is 9.90 Å². The first-order chi connectivity index (χ1) is 13.4. The van der Waals surface area contributed by atoms with Crippen LogP contribution in [0, 0.1) is 6.92 Å². The van der Waals surface area contributed by atoms with Gasteiger partial charge in [-0.25, -0.2) is 0 Å². The quantitative estimate of drug-likeness (QED) is 0.576. The van der Waals surface area contributed by atoms with E-state index < -0.39 is 6.04 Å². The maximum atomic E-state index is 13.2. The second-order valence-electron chi connectivity index (χ2n) is 6.55. The molecule has 1 unspecified atom stereocenters. The van der Waals surface area contributed by atoms with E-state index in [1.54, 1.807) is 22.9 Å². The first-order valence-electron chi connectivity index (χ1n) is 8.56. The third kappa shape index (κ3) is 3.24. The SMILES string of the molecule is CC1=C(C(=O)Nc2cccc(C)c2)C(c2ccc(O)c(Br)c2)n2nnnc2N1. The number of fused-ring (bicyclic) bond motifs is 1. The average molecular weight is 441 g/mol.